The molecule has 2 aliphatic rings. The summed E-state index contributed by atoms with van der Waals surface area (Å²) < 4.78 is 0. The van der Waals surface area contributed by atoms with Gasteiger partial charge in [-0.3, -0.25) is 0 Å². The Kier molecular flexibility index (Phi) is 5.15. The molecule has 1 saturated heterocycles. The van der Waals surface area contributed by atoms with Crippen molar-refractivity contribution in [3.63, 3.8) is 0 Å². The lowest BCUT2D eigenvalue weighted by atomic mass is 9.86. The highest BCUT2D eigenvalue weighted by Crippen LogP contribution is 2.27. The van der Waals surface area contributed by atoms with Crippen LogP contribution in [-0.2, 0) is 0 Å². The van der Waals surface area contributed by atoms with Gasteiger partial charge in [-0.2, -0.15) is 0 Å². The van der Waals surface area contributed by atoms with E-state index in [1.807, 2.05) is 0 Å². The highest BCUT2D eigenvalue weighted by molar-refractivity contribution is 4.74. The van der Waals surface area contributed by atoms with Gasteiger partial charge in [0.25, 0.3) is 0 Å². The number of rotatable bonds is 4. The first-order valence-electron chi connectivity index (χ1n) is 7.61. The normalized spacial score (nSPS) is 29.4. The van der Waals surface area contributed by atoms with E-state index in [0.717, 1.165) is 11.8 Å². The Bertz CT molecular complexity index is 184. The van der Waals surface area contributed by atoms with Crippen LogP contribution in [0.3, 0.4) is 0 Å². The second-order valence-electron chi connectivity index (χ2n) is 6.01. The number of likely N-dealkylation sites (tertiary alicyclic amines) is 1. The summed E-state index contributed by atoms with van der Waals surface area (Å²) >= 11 is 0. The zero-order valence-corrected chi connectivity index (χ0v) is 11.1. The van der Waals surface area contributed by atoms with Crippen LogP contribution in [0, 0.1) is 11.8 Å². The molecule has 0 bridgehead atoms. The smallest absolute Gasteiger partial charge is 0.000956 e. The Balaban J connectivity index is 1.64. The number of hydrogen-bond donors (Lipinski definition) is 0. The van der Waals surface area contributed by atoms with Gasteiger partial charge in [0.05, 0.1) is 0 Å². The van der Waals surface area contributed by atoms with Gasteiger partial charge in [-0.05, 0) is 44.2 Å². The molecule has 0 spiro atoms. The molecule has 1 heteroatoms. The molecule has 0 radical (unpaired) electrons. The van der Waals surface area contributed by atoms with Gasteiger partial charge in [-0.1, -0.05) is 45.4 Å². The fourth-order valence-corrected chi connectivity index (χ4v) is 3.53. The molecule has 1 aliphatic heterocycles. The Labute approximate surface area is 102 Å². The van der Waals surface area contributed by atoms with E-state index in [0.29, 0.717) is 0 Å². The largest absolute Gasteiger partial charge is 0.303 e. The Morgan fingerprint density at radius 3 is 2.44 bits per heavy atom. The van der Waals surface area contributed by atoms with E-state index in [1.54, 1.807) is 0 Å². The number of piperidine rings is 1. The summed E-state index contributed by atoms with van der Waals surface area (Å²) in [5.74, 6) is 2.07. The van der Waals surface area contributed by atoms with E-state index in [9.17, 15) is 0 Å². The quantitative estimate of drug-likeness (QED) is 0.694. The molecule has 1 aliphatic carbocycles. The molecule has 94 valence electrons. The predicted octanol–water partition coefficient (Wildman–Crippen LogP) is 4.08. The zero-order chi connectivity index (χ0) is 11.2. The minimum Gasteiger partial charge on any atom is -0.303 e. The molecule has 1 unspecified atom stereocenters. The average molecular weight is 223 g/mol. The van der Waals surface area contributed by atoms with Crippen molar-refractivity contribution < 1.29 is 0 Å². The van der Waals surface area contributed by atoms with Crippen molar-refractivity contribution >= 4 is 0 Å². The van der Waals surface area contributed by atoms with Gasteiger partial charge >= 0.3 is 0 Å². The van der Waals surface area contributed by atoms with E-state index >= 15 is 0 Å². The molecule has 1 heterocycles. The molecule has 0 amide bonds. The maximum absolute atomic E-state index is 2.74. The number of nitrogens with zero attached hydrogens (tertiary/aromatic N) is 1. The van der Waals surface area contributed by atoms with Gasteiger partial charge in [0, 0.05) is 6.54 Å². The van der Waals surface area contributed by atoms with Gasteiger partial charge in [0.2, 0.25) is 0 Å². The van der Waals surface area contributed by atoms with Crippen LogP contribution in [0.15, 0.2) is 0 Å². The lowest BCUT2D eigenvalue weighted by molar-refractivity contribution is 0.156. The molecule has 0 aromatic rings. The van der Waals surface area contributed by atoms with Crippen LogP contribution in [0.5, 0.6) is 0 Å². The van der Waals surface area contributed by atoms with Crippen molar-refractivity contribution in [1.82, 2.24) is 4.90 Å². The molecule has 0 aromatic carbocycles. The third kappa shape index (κ3) is 3.76. The van der Waals surface area contributed by atoms with E-state index in [-0.39, 0.29) is 0 Å². The lowest BCUT2D eigenvalue weighted by Gasteiger charge is -2.33. The minimum atomic E-state index is 1.00. The van der Waals surface area contributed by atoms with E-state index < -0.39 is 0 Å². The minimum absolute atomic E-state index is 1.00. The maximum atomic E-state index is 2.74. The summed E-state index contributed by atoms with van der Waals surface area (Å²) in [6, 6.07) is 0. The fourth-order valence-electron chi connectivity index (χ4n) is 3.53. The molecule has 16 heavy (non-hydrogen) atoms. The Morgan fingerprint density at radius 1 is 0.938 bits per heavy atom. The molecule has 0 N–H and O–H groups in total. The Hall–Kier alpha value is -0.0400. The summed E-state index contributed by atoms with van der Waals surface area (Å²) in [5, 5.41) is 0. The summed E-state index contributed by atoms with van der Waals surface area (Å²) in [7, 11) is 0. The molecule has 1 saturated carbocycles. The van der Waals surface area contributed by atoms with Crippen LogP contribution < -0.4 is 0 Å². The SMILES string of the molecule is CCC1CCCN(CCC2CCCCC2)C1. The lowest BCUT2D eigenvalue weighted by Crippen LogP contribution is -2.36. The first-order valence-corrected chi connectivity index (χ1v) is 7.61. The second-order valence-corrected chi connectivity index (χ2v) is 6.01. The van der Waals surface area contributed by atoms with Gasteiger partial charge in [-0.15, -0.1) is 0 Å². The standard InChI is InChI=1S/C15H29N/c1-2-14-9-6-11-16(13-14)12-10-15-7-4-3-5-8-15/h14-15H,2-13H2,1H3. The van der Waals surface area contributed by atoms with E-state index in [4.69, 9.17) is 0 Å². The first kappa shape index (κ1) is 12.4. The predicted molar refractivity (Wildman–Crippen MR) is 70.6 cm³/mol. The summed E-state index contributed by atoms with van der Waals surface area (Å²) in [6.07, 6.45) is 13.3. The zero-order valence-electron chi connectivity index (χ0n) is 11.1. The van der Waals surface area contributed by atoms with Crippen molar-refractivity contribution in [3.8, 4) is 0 Å². The average Bonchev–Trinajstić information content (AvgIpc) is 2.38. The maximum Gasteiger partial charge on any atom is 0.000956 e. The van der Waals surface area contributed by atoms with Crippen molar-refractivity contribution in [2.45, 2.75) is 64.7 Å². The van der Waals surface area contributed by atoms with Crippen LogP contribution >= 0.6 is 0 Å². The van der Waals surface area contributed by atoms with Crippen LogP contribution in [0.4, 0.5) is 0 Å². The first-order chi connectivity index (χ1) is 7.88. The summed E-state index contributed by atoms with van der Waals surface area (Å²) in [4.78, 5) is 2.74. The molecule has 2 rings (SSSR count). The third-order valence-electron chi connectivity index (χ3n) is 4.76. The van der Waals surface area contributed by atoms with Crippen molar-refractivity contribution in [2.24, 2.45) is 11.8 Å². The third-order valence-corrected chi connectivity index (χ3v) is 4.76. The molecule has 1 nitrogen and oxygen atoms in total. The monoisotopic (exact) mass is 223 g/mol. The summed E-state index contributed by atoms with van der Waals surface area (Å²) in [5.41, 5.74) is 0. The topological polar surface area (TPSA) is 3.24 Å². The molecule has 0 aromatic heterocycles. The van der Waals surface area contributed by atoms with Crippen molar-refractivity contribution in [1.29, 1.82) is 0 Å². The van der Waals surface area contributed by atoms with Gasteiger partial charge in [0.1, 0.15) is 0 Å². The molecular weight excluding hydrogens is 194 g/mol. The van der Waals surface area contributed by atoms with Crippen LogP contribution in [0.1, 0.15) is 64.7 Å². The van der Waals surface area contributed by atoms with Gasteiger partial charge in [0.15, 0.2) is 0 Å². The fraction of sp³-hybridized carbons (Fsp3) is 1.00. The second kappa shape index (κ2) is 6.64. The summed E-state index contributed by atoms with van der Waals surface area (Å²) in [6.45, 7) is 6.52. The van der Waals surface area contributed by atoms with Gasteiger partial charge in [-0.25, -0.2) is 0 Å². The van der Waals surface area contributed by atoms with Crippen LogP contribution in [0.25, 0.3) is 0 Å². The number of hydrogen-bond acceptors (Lipinski definition) is 1. The highest BCUT2D eigenvalue weighted by atomic mass is 15.1. The highest BCUT2D eigenvalue weighted by Gasteiger charge is 2.20. The van der Waals surface area contributed by atoms with Gasteiger partial charge < -0.3 is 4.90 Å². The van der Waals surface area contributed by atoms with Crippen LogP contribution in [-0.4, -0.2) is 24.5 Å². The van der Waals surface area contributed by atoms with Crippen molar-refractivity contribution in [3.05, 3.63) is 0 Å². The van der Waals surface area contributed by atoms with E-state index in [1.165, 1.54) is 77.4 Å². The van der Waals surface area contributed by atoms with E-state index in [2.05, 4.69) is 11.8 Å². The molecular formula is C15H29N. The van der Waals surface area contributed by atoms with Crippen LogP contribution in [0.2, 0.25) is 0 Å². The molecule has 1 atom stereocenters. The van der Waals surface area contributed by atoms with Crippen molar-refractivity contribution in [2.75, 3.05) is 19.6 Å². The molecule has 2 fully saturated rings. The Morgan fingerprint density at radius 2 is 1.69 bits per heavy atom.